The van der Waals surface area contributed by atoms with Gasteiger partial charge < -0.3 is 15.6 Å². The van der Waals surface area contributed by atoms with Gasteiger partial charge in [-0.05, 0) is 69.2 Å². The summed E-state index contributed by atoms with van der Waals surface area (Å²) in [7, 11) is 0. The van der Waals surface area contributed by atoms with Crippen LogP contribution in [0, 0.1) is 11.6 Å². The van der Waals surface area contributed by atoms with Gasteiger partial charge in [0.1, 0.15) is 29.7 Å². The van der Waals surface area contributed by atoms with Gasteiger partial charge in [-0.15, -0.1) is 0 Å². The Morgan fingerprint density at radius 1 is 1.15 bits per heavy atom. The number of rotatable bonds is 10. The summed E-state index contributed by atoms with van der Waals surface area (Å²) in [5.41, 5.74) is 9.13. The molecule has 1 amide bonds. The maximum atomic E-state index is 13.9. The molecule has 0 bridgehead atoms. The number of halogens is 2. The Hall–Kier alpha value is -3.93. The number of primary amides is 1. The molecular weight excluding hydrogens is 436 g/mol. The molecule has 0 atom stereocenters. The molecule has 0 aliphatic carbocycles. The zero-order chi connectivity index (χ0) is 25.3. The number of carbonyl (C=O) groups excluding carboxylic acids is 1. The summed E-state index contributed by atoms with van der Waals surface area (Å²) in [6, 6.07) is 7.95. The van der Waals surface area contributed by atoms with Crippen molar-refractivity contribution in [1.29, 1.82) is 0 Å². The lowest BCUT2D eigenvalue weighted by Gasteiger charge is -2.13. The molecule has 3 N–H and O–H groups in total. The third-order valence-electron chi connectivity index (χ3n) is 4.90. The molecule has 0 saturated carbocycles. The van der Waals surface area contributed by atoms with E-state index in [9.17, 15) is 18.7 Å². The van der Waals surface area contributed by atoms with Crippen LogP contribution in [0.3, 0.4) is 0 Å². The summed E-state index contributed by atoms with van der Waals surface area (Å²) in [5.74, 6) is -1.35. The van der Waals surface area contributed by atoms with Crippen LogP contribution in [0.25, 0.3) is 5.57 Å². The molecule has 0 fully saturated rings. The first-order chi connectivity index (χ1) is 16.1. The molecule has 2 aromatic carbocycles. The van der Waals surface area contributed by atoms with Gasteiger partial charge in [0.25, 0.3) is 0 Å². The second-order valence-corrected chi connectivity index (χ2v) is 7.87. The Bertz CT molecular complexity index is 1190. The number of amides is 1. The minimum Gasteiger partial charge on any atom is -0.508 e. The number of nitrogens with two attached hydrogens (primary N) is 1. The number of benzene rings is 2. The van der Waals surface area contributed by atoms with Crippen molar-refractivity contribution in [1.82, 2.24) is 0 Å². The zero-order valence-corrected chi connectivity index (χ0v) is 19.6. The fourth-order valence-corrected chi connectivity index (χ4v) is 3.17. The van der Waals surface area contributed by atoms with Gasteiger partial charge in [-0.2, -0.15) is 0 Å². The average molecular weight is 466 g/mol. The van der Waals surface area contributed by atoms with Crippen molar-refractivity contribution in [3.63, 3.8) is 0 Å². The Morgan fingerprint density at radius 2 is 1.88 bits per heavy atom. The first-order valence-corrected chi connectivity index (χ1v) is 10.7. The average Bonchev–Trinajstić information content (AvgIpc) is 2.77. The van der Waals surface area contributed by atoms with E-state index in [1.165, 1.54) is 18.2 Å². The number of carbonyl (C=O) groups is 1. The smallest absolute Gasteiger partial charge is 0.248 e. The number of aromatic hydroxyl groups is 1. The topological polar surface area (TPSA) is 72.6 Å². The minimum atomic E-state index is -0.686. The number of phenols is 1. The number of phenolic OH excluding ortho intramolecular Hbond substituents is 1. The van der Waals surface area contributed by atoms with Crippen molar-refractivity contribution < 1.29 is 23.4 Å². The maximum absolute atomic E-state index is 13.9. The number of ether oxygens (including phenoxy) is 1. The van der Waals surface area contributed by atoms with E-state index < -0.39 is 17.5 Å². The predicted octanol–water partition coefficient (Wildman–Crippen LogP) is 6.53. The summed E-state index contributed by atoms with van der Waals surface area (Å²) in [5, 5.41) is 9.95. The van der Waals surface area contributed by atoms with Crippen LogP contribution < -0.4 is 10.5 Å². The largest absolute Gasteiger partial charge is 0.508 e. The summed E-state index contributed by atoms with van der Waals surface area (Å²) < 4.78 is 32.8. The molecule has 0 radical (unpaired) electrons. The highest BCUT2D eigenvalue weighted by molar-refractivity contribution is 5.95. The molecule has 2 aromatic rings. The molecule has 2 rings (SSSR count). The van der Waals surface area contributed by atoms with E-state index >= 15 is 0 Å². The van der Waals surface area contributed by atoms with Gasteiger partial charge in [0.15, 0.2) is 0 Å². The van der Waals surface area contributed by atoms with E-state index in [0.717, 1.165) is 22.8 Å². The molecule has 0 unspecified atom stereocenters. The Morgan fingerprint density at radius 3 is 2.53 bits per heavy atom. The molecule has 0 aliphatic heterocycles. The fraction of sp³-hybridized carbons (Fsp3) is 0.179. The molecule has 0 heterocycles. The van der Waals surface area contributed by atoms with Gasteiger partial charge in [0.2, 0.25) is 5.91 Å². The van der Waals surface area contributed by atoms with Gasteiger partial charge in [0, 0.05) is 22.8 Å². The highest BCUT2D eigenvalue weighted by Gasteiger charge is 2.10. The first kappa shape index (κ1) is 26.3. The Kier molecular flexibility index (Phi) is 9.56. The van der Waals surface area contributed by atoms with Gasteiger partial charge in [-0.25, -0.2) is 8.78 Å². The van der Waals surface area contributed by atoms with Crippen LogP contribution in [-0.4, -0.2) is 11.0 Å². The van der Waals surface area contributed by atoms with Crippen molar-refractivity contribution in [3.8, 4) is 11.5 Å². The second kappa shape index (κ2) is 12.3. The van der Waals surface area contributed by atoms with Crippen molar-refractivity contribution in [2.45, 2.75) is 33.8 Å². The van der Waals surface area contributed by atoms with Crippen molar-refractivity contribution in [3.05, 3.63) is 113 Å². The standard InChI is InChI=1S/C28H29F2NO3/c1-5-6-21(28(31)33)14-19(3)13-18(2)7-8-20(4)25-16-24(32)11-12-27(25)34-17-22-9-10-23(29)15-26(22)30/h5-12,14-16,32H,3,13,17H2,1-2,4H3,(H2,31,33)/b6-5-,18-7-,20-8+,21-14+. The third-order valence-corrected chi connectivity index (χ3v) is 4.90. The van der Waals surface area contributed by atoms with Crippen LogP contribution in [0.1, 0.15) is 38.3 Å². The van der Waals surface area contributed by atoms with Crippen LogP contribution in [0.5, 0.6) is 11.5 Å². The molecule has 6 heteroatoms. The third kappa shape index (κ3) is 7.89. The minimum absolute atomic E-state index is 0.0604. The number of allylic oxidation sites excluding steroid dienone is 7. The van der Waals surface area contributed by atoms with Gasteiger partial charge in [-0.3, -0.25) is 4.79 Å². The van der Waals surface area contributed by atoms with E-state index in [-0.39, 0.29) is 17.9 Å². The quantitative estimate of drug-likeness (QED) is 0.309. The van der Waals surface area contributed by atoms with E-state index in [1.807, 2.05) is 26.0 Å². The normalized spacial score (nSPS) is 12.8. The lowest BCUT2D eigenvalue weighted by Crippen LogP contribution is -2.12. The van der Waals surface area contributed by atoms with Crippen LogP contribution in [-0.2, 0) is 11.4 Å². The van der Waals surface area contributed by atoms with Crippen LogP contribution in [0.2, 0.25) is 0 Å². The molecular formula is C28H29F2NO3. The van der Waals surface area contributed by atoms with Crippen LogP contribution in [0.15, 0.2) is 90.1 Å². The monoisotopic (exact) mass is 465 g/mol. The van der Waals surface area contributed by atoms with Crippen molar-refractivity contribution >= 4 is 11.5 Å². The van der Waals surface area contributed by atoms with Crippen LogP contribution >= 0.6 is 0 Å². The molecule has 178 valence electrons. The van der Waals surface area contributed by atoms with Gasteiger partial charge >= 0.3 is 0 Å². The van der Waals surface area contributed by atoms with Gasteiger partial charge in [0.05, 0.1) is 0 Å². The Labute approximate surface area is 199 Å². The maximum Gasteiger partial charge on any atom is 0.248 e. The molecule has 0 spiro atoms. The zero-order valence-electron chi connectivity index (χ0n) is 19.6. The van der Waals surface area contributed by atoms with E-state index in [0.29, 0.717) is 23.3 Å². The molecule has 4 nitrogen and oxygen atoms in total. The van der Waals surface area contributed by atoms with E-state index in [4.69, 9.17) is 10.5 Å². The lowest BCUT2D eigenvalue weighted by molar-refractivity contribution is -0.114. The summed E-state index contributed by atoms with van der Waals surface area (Å²) in [4.78, 5) is 11.5. The van der Waals surface area contributed by atoms with Crippen molar-refractivity contribution in [2.24, 2.45) is 5.73 Å². The summed E-state index contributed by atoms with van der Waals surface area (Å²) in [6.45, 7) is 9.48. The van der Waals surface area contributed by atoms with Crippen molar-refractivity contribution in [2.75, 3.05) is 0 Å². The molecule has 0 aromatic heterocycles. The highest BCUT2D eigenvalue weighted by Crippen LogP contribution is 2.31. The van der Waals surface area contributed by atoms with E-state index in [2.05, 4.69) is 6.58 Å². The van der Waals surface area contributed by atoms with Gasteiger partial charge in [-0.1, -0.05) is 42.0 Å². The SMILES string of the molecule is C=C(/C=C(\C=C/C)C(N)=O)C/C(C)=C\C=C(/C)c1cc(O)ccc1OCc1ccc(F)cc1F. The number of hydrogen-bond donors (Lipinski definition) is 2. The lowest BCUT2D eigenvalue weighted by atomic mass is 10.0. The summed E-state index contributed by atoms with van der Waals surface area (Å²) in [6.07, 6.45) is 9.34. The number of hydrogen-bond acceptors (Lipinski definition) is 3. The Balaban J connectivity index is 2.19. The van der Waals surface area contributed by atoms with E-state index in [1.54, 1.807) is 37.3 Å². The first-order valence-electron chi connectivity index (χ1n) is 10.7. The summed E-state index contributed by atoms with van der Waals surface area (Å²) >= 11 is 0. The molecule has 34 heavy (non-hydrogen) atoms. The fourth-order valence-electron chi connectivity index (χ4n) is 3.17. The molecule has 0 aliphatic rings. The van der Waals surface area contributed by atoms with Crippen LogP contribution in [0.4, 0.5) is 8.78 Å². The highest BCUT2D eigenvalue weighted by atomic mass is 19.1. The molecule has 0 saturated heterocycles. The second-order valence-electron chi connectivity index (χ2n) is 7.87. The predicted molar refractivity (Wildman–Crippen MR) is 132 cm³/mol.